The molecule has 1 atom stereocenters. The van der Waals surface area contributed by atoms with E-state index in [9.17, 15) is 9.59 Å². The van der Waals surface area contributed by atoms with E-state index in [1.165, 1.54) is 0 Å². The van der Waals surface area contributed by atoms with Crippen LogP contribution in [0.2, 0.25) is 0 Å². The van der Waals surface area contributed by atoms with E-state index in [4.69, 9.17) is 9.15 Å². The molecule has 0 spiro atoms. The van der Waals surface area contributed by atoms with Crippen LogP contribution in [0.1, 0.15) is 23.2 Å². The first-order valence-electron chi connectivity index (χ1n) is 8.86. The summed E-state index contributed by atoms with van der Waals surface area (Å²) in [4.78, 5) is 29.3. The van der Waals surface area contributed by atoms with Crippen LogP contribution in [0.3, 0.4) is 0 Å². The minimum absolute atomic E-state index is 0.122. The smallest absolute Gasteiger partial charge is 0.349 e. The molecule has 0 N–H and O–H groups in total. The number of fused-ring (bicyclic) bond motifs is 1. The quantitative estimate of drug-likeness (QED) is 0.778. The summed E-state index contributed by atoms with van der Waals surface area (Å²) < 4.78 is 10.8. The van der Waals surface area contributed by atoms with E-state index in [1.807, 2.05) is 18.2 Å². The van der Waals surface area contributed by atoms with Crippen molar-refractivity contribution in [1.82, 2.24) is 9.80 Å². The van der Waals surface area contributed by atoms with Gasteiger partial charge in [0, 0.05) is 44.2 Å². The highest BCUT2D eigenvalue weighted by Crippen LogP contribution is 2.17. The molecule has 6 nitrogen and oxygen atoms in total. The van der Waals surface area contributed by atoms with Crippen LogP contribution in [0.4, 0.5) is 0 Å². The first kappa shape index (κ1) is 16.3. The van der Waals surface area contributed by atoms with Crippen LogP contribution in [0, 0.1) is 0 Å². The van der Waals surface area contributed by atoms with Crippen molar-refractivity contribution in [3.8, 4) is 0 Å². The lowest BCUT2D eigenvalue weighted by Gasteiger charge is -2.26. The Morgan fingerprint density at radius 1 is 1.12 bits per heavy atom. The van der Waals surface area contributed by atoms with Gasteiger partial charge in [0.25, 0.3) is 5.91 Å². The van der Waals surface area contributed by atoms with E-state index in [2.05, 4.69) is 4.90 Å². The third kappa shape index (κ3) is 3.32. The molecule has 4 rings (SSSR count). The summed E-state index contributed by atoms with van der Waals surface area (Å²) in [7, 11) is 0. The standard InChI is InChI=1S/C19H22N2O4/c22-18(16-12-14-4-1-2-5-17(14)25-19(16)23)21-8-3-7-20(9-10-21)15-6-11-24-13-15/h1-2,4-5,12,15H,3,6-11,13H2. The third-order valence-electron chi connectivity index (χ3n) is 5.11. The first-order valence-corrected chi connectivity index (χ1v) is 8.86. The van der Waals surface area contributed by atoms with E-state index in [1.54, 1.807) is 17.0 Å². The Hall–Kier alpha value is -2.18. The highest BCUT2D eigenvalue weighted by molar-refractivity contribution is 5.96. The lowest BCUT2D eigenvalue weighted by molar-refractivity contribution is 0.0752. The molecule has 2 saturated heterocycles. The minimum atomic E-state index is -0.561. The van der Waals surface area contributed by atoms with Crippen LogP contribution in [-0.2, 0) is 4.74 Å². The number of amides is 1. The Kier molecular flexibility index (Phi) is 4.55. The van der Waals surface area contributed by atoms with Gasteiger partial charge in [-0.2, -0.15) is 0 Å². The molecule has 0 radical (unpaired) electrons. The number of benzene rings is 1. The maximum Gasteiger partial charge on any atom is 0.349 e. The molecule has 0 aliphatic carbocycles. The van der Waals surface area contributed by atoms with Gasteiger partial charge in [-0.25, -0.2) is 4.79 Å². The molecule has 1 aromatic heterocycles. The van der Waals surface area contributed by atoms with Gasteiger partial charge in [-0.05, 0) is 25.0 Å². The Bertz CT molecular complexity index is 826. The molecule has 2 aliphatic heterocycles. The lowest BCUT2D eigenvalue weighted by Crippen LogP contribution is -2.40. The highest BCUT2D eigenvalue weighted by atomic mass is 16.5. The average molecular weight is 342 g/mol. The molecule has 1 aromatic carbocycles. The van der Waals surface area contributed by atoms with E-state index in [0.29, 0.717) is 24.7 Å². The van der Waals surface area contributed by atoms with Gasteiger partial charge in [-0.1, -0.05) is 18.2 Å². The van der Waals surface area contributed by atoms with Gasteiger partial charge in [0.15, 0.2) is 0 Å². The topological polar surface area (TPSA) is 63.0 Å². The molecule has 25 heavy (non-hydrogen) atoms. The summed E-state index contributed by atoms with van der Waals surface area (Å²) in [6.45, 7) is 4.67. The number of nitrogens with zero attached hydrogens (tertiary/aromatic N) is 2. The van der Waals surface area contributed by atoms with Crippen molar-refractivity contribution in [1.29, 1.82) is 0 Å². The van der Waals surface area contributed by atoms with Crippen LogP contribution < -0.4 is 5.63 Å². The number of ether oxygens (including phenoxy) is 1. The van der Waals surface area contributed by atoms with E-state index in [-0.39, 0.29) is 11.5 Å². The molecule has 2 aliphatic rings. The first-order chi connectivity index (χ1) is 12.2. The zero-order valence-electron chi connectivity index (χ0n) is 14.1. The number of carbonyl (C=O) groups excluding carboxylic acids is 1. The average Bonchev–Trinajstić information content (AvgIpc) is 3.05. The maximum absolute atomic E-state index is 12.9. The number of hydrogen-bond acceptors (Lipinski definition) is 5. The van der Waals surface area contributed by atoms with Crippen molar-refractivity contribution < 1.29 is 13.9 Å². The Balaban J connectivity index is 1.52. The van der Waals surface area contributed by atoms with Crippen LogP contribution in [0.25, 0.3) is 11.0 Å². The van der Waals surface area contributed by atoms with Crippen molar-refractivity contribution in [2.75, 3.05) is 39.4 Å². The summed E-state index contributed by atoms with van der Waals surface area (Å²) in [5.41, 5.74) is 0.0673. The Morgan fingerprint density at radius 3 is 2.84 bits per heavy atom. The molecular formula is C19H22N2O4. The Labute approximate surface area is 146 Å². The van der Waals surface area contributed by atoms with Crippen molar-refractivity contribution in [2.24, 2.45) is 0 Å². The highest BCUT2D eigenvalue weighted by Gasteiger charge is 2.28. The van der Waals surface area contributed by atoms with Crippen molar-refractivity contribution in [3.63, 3.8) is 0 Å². The molecule has 2 aromatic rings. The van der Waals surface area contributed by atoms with E-state index in [0.717, 1.165) is 44.5 Å². The van der Waals surface area contributed by atoms with Crippen LogP contribution in [-0.4, -0.2) is 61.1 Å². The summed E-state index contributed by atoms with van der Waals surface area (Å²) in [6, 6.07) is 9.36. The van der Waals surface area contributed by atoms with Gasteiger partial charge in [0.1, 0.15) is 11.1 Å². The zero-order chi connectivity index (χ0) is 17.2. The fourth-order valence-electron chi connectivity index (χ4n) is 3.70. The predicted molar refractivity (Wildman–Crippen MR) is 93.8 cm³/mol. The van der Waals surface area contributed by atoms with Crippen molar-refractivity contribution >= 4 is 16.9 Å². The fraction of sp³-hybridized carbons (Fsp3) is 0.474. The van der Waals surface area contributed by atoms with Gasteiger partial charge < -0.3 is 14.1 Å². The molecule has 0 bridgehead atoms. The SMILES string of the molecule is O=C(c1cc2ccccc2oc1=O)N1CCCN(C2CCOC2)CC1. The molecule has 6 heteroatoms. The lowest BCUT2D eigenvalue weighted by atomic mass is 10.1. The van der Waals surface area contributed by atoms with Gasteiger partial charge in [-0.15, -0.1) is 0 Å². The zero-order valence-corrected chi connectivity index (χ0v) is 14.1. The fourth-order valence-corrected chi connectivity index (χ4v) is 3.70. The molecule has 3 heterocycles. The van der Waals surface area contributed by atoms with Gasteiger partial charge in [-0.3, -0.25) is 9.69 Å². The summed E-state index contributed by atoms with van der Waals surface area (Å²) in [5, 5.41) is 0.769. The second-order valence-electron chi connectivity index (χ2n) is 6.68. The molecule has 2 fully saturated rings. The van der Waals surface area contributed by atoms with E-state index < -0.39 is 5.63 Å². The molecular weight excluding hydrogens is 320 g/mol. The number of para-hydroxylation sites is 1. The van der Waals surface area contributed by atoms with Crippen molar-refractivity contribution in [2.45, 2.75) is 18.9 Å². The van der Waals surface area contributed by atoms with Crippen LogP contribution >= 0.6 is 0 Å². The second kappa shape index (κ2) is 6.98. The monoisotopic (exact) mass is 342 g/mol. The second-order valence-corrected chi connectivity index (χ2v) is 6.68. The number of rotatable bonds is 2. The summed E-state index contributed by atoms with van der Waals surface area (Å²) in [5.74, 6) is -0.232. The normalized spacial score (nSPS) is 22.2. The Morgan fingerprint density at radius 2 is 2.00 bits per heavy atom. The number of hydrogen-bond donors (Lipinski definition) is 0. The van der Waals surface area contributed by atoms with Crippen LogP contribution in [0.5, 0.6) is 0 Å². The maximum atomic E-state index is 12.9. The minimum Gasteiger partial charge on any atom is -0.422 e. The molecule has 0 saturated carbocycles. The van der Waals surface area contributed by atoms with Gasteiger partial charge in [0.2, 0.25) is 0 Å². The molecule has 1 amide bonds. The summed E-state index contributed by atoms with van der Waals surface area (Å²) >= 11 is 0. The van der Waals surface area contributed by atoms with Crippen molar-refractivity contribution in [3.05, 3.63) is 46.3 Å². The third-order valence-corrected chi connectivity index (χ3v) is 5.11. The molecule has 132 valence electrons. The largest absolute Gasteiger partial charge is 0.422 e. The predicted octanol–water partition coefficient (Wildman–Crippen LogP) is 1.73. The van der Waals surface area contributed by atoms with E-state index >= 15 is 0 Å². The van der Waals surface area contributed by atoms with Gasteiger partial charge >= 0.3 is 5.63 Å². The van der Waals surface area contributed by atoms with Gasteiger partial charge in [0.05, 0.1) is 6.61 Å². The molecule has 1 unspecified atom stereocenters. The summed E-state index contributed by atoms with van der Waals surface area (Å²) in [6.07, 6.45) is 1.96. The van der Waals surface area contributed by atoms with Crippen LogP contribution in [0.15, 0.2) is 39.5 Å². The number of carbonyl (C=O) groups is 1.